The van der Waals surface area contributed by atoms with Crippen molar-refractivity contribution in [3.63, 3.8) is 0 Å². The van der Waals surface area contributed by atoms with E-state index in [1.807, 2.05) is 74.1 Å². The van der Waals surface area contributed by atoms with E-state index in [9.17, 15) is 14.4 Å². The molecule has 1 rings (SSSR count). The SMILES string of the molecule is CC(C)C(CN1CCCC1=O)NC(=O)OC(C)(C)C.CC(C)[C@@H](CN)NC(=O)OC(C)(C)C. The van der Waals surface area contributed by atoms with Crippen LogP contribution in [0.3, 0.4) is 0 Å². The lowest BCUT2D eigenvalue weighted by Crippen LogP contribution is -2.48. The molecule has 194 valence electrons. The number of hydrogen-bond acceptors (Lipinski definition) is 6. The van der Waals surface area contributed by atoms with E-state index in [0.29, 0.717) is 25.4 Å². The third kappa shape index (κ3) is 14.7. The van der Waals surface area contributed by atoms with E-state index in [1.54, 1.807) is 0 Å². The molecule has 1 fully saturated rings. The van der Waals surface area contributed by atoms with Gasteiger partial charge in [0.25, 0.3) is 0 Å². The molecule has 4 N–H and O–H groups in total. The van der Waals surface area contributed by atoms with Crippen LogP contribution >= 0.6 is 0 Å². The first-order chi connectivity index (χ1) is 14.9. The molecule has 0 aliphatic carbocycles. The predicted molar refractivity (Wildman–Crippen MR) is 131 cm³/mol. The van der Waals surface area contributed by atoms with Crippen LogP contribution in [0.25, 0.3) is 0 Å². The zero-order chi connectivity index (χ0) is 26.0. The van der Waals surface area contributed by atoms with E-state index in [4.69, 9.17) is 15.2 Å². The summed E-state index contributed by atoms with van der Waals surface area (Å²) < 4.78 is 10.4. The number of carbonyl (C=O) groups is 3. The number of nitrogens with one attached hydrogen (secondary N) is 2. The Labute approximate surface area is 200 Å². The summed E-state index contributed by atoms with van der Waals surface area (Å²) in [5.74, 6) is 0.741. The van der Waals surface area contributed by atoms with E-state index < -0.39 is 23.4 Å². The Morgan fingerprint density at radius 3 is 1.64 bits per heavy atom. The van der Waals surface area contributed by atoms with Gasteiger partial charge < -0.3 is 30.7 Å². The summed E-state index contributed by atoms with van der Waals surface area (Å²) in [6.07, 6.45) is 0.715. The zero-order valence-corrected chi connectivity index (χ0v) is 22.4. The van der Waals surface area contributed by atoms with Crippen LogP contribution < -0.4 is 16.4 Å². The Bertz CT molecular complexity index is 623. The van der Waals surface area contributed by atoms with Gasteiger partial charge in [0, 0.05) is 32.1 Å². The van der Waals surface area contributed by atoms with Gasteiger partial charge >= 0.3 is 12.2 Å². The minimum absolute atomic E-state index is 0.0233. The van der Waals surface area contributed by atoms with Crippen molar-refractivity contribution < 1.29 is 23.9 Å². The molecule has 1 saturated heterocycles. The van der Waals surface area contributed by atoms with Crippen molar-refractivity contribution in [1.82, 2.24) is 15.5 Å². The highest BCUT2D eigenvalue weighted by atomic mass is 16.6. The second-order valence-corrected chi connectivity index (χ2v) is 11.2. The smallest absolute Gasteiger partial charge is 0.407 e. The minimum atomic E-state index is -0.505. The number of ether oxygens (including phenoxy) is 2. The fourth-order valence-electron chi connectivity index (χ4n) is 2.97. The van der Waals surface area contributed by atoms with E-state index in [2.05, 4.69) is 10.6 Å². The molecule has 0 radical (unpaired) electrons. The molecule has 1 unspecified atom stereocenters. The molecule has 1 aliphatic rings. The lowest BCUT2D eigenvalue weighted by atomic mass is 10.0. The summed E-state index contributed by atoms with van der Waals surface area (Å²) in [5, 5.41) is 5.60. The molecule has 33 heavy (non-hydrogen) atoms. The van der Waals surface area contributed by atoms with Crippen molar-refractivity contribution in [3.05, 3.63) is 0 Å². The van der Waals surface area contributed by atoms with Crippen LogP contribution in [0.4, 0.5) is 9.59 Å². The van der Waals surface area contributed by atoms with E-state index in [0.717, 1.165) is 13.0 Å². The van der Waals surface area contributed by atoms with E-state index in [1.165, 1.54) is 0 Å². The highest BCUT2D eigenvalue weighted by Crippen LogP contribution is 2.14. The molecule has 3 amide bonds. The highest BCUT2D eigenvalue weighted by Gasteiger charge is 2.27. The van der Waals surface area contributed by atoms with Gasteiger partial charge in [-0.25, -0.2) is 9.59 Å². The number of rotatable bonds is 7. The number of nitrogens with two attached hydrogens (primary N) is 1. The fourth-order valence-corrected chi connectivity index (χ4v) is 2.97. The Balaban J connectivity index is 0.000000653. The molecule has 2 atom stereocenters. The third-order valence-electron chi connectivity index (χ3n) is 4.86. The quantitative estimate of drug-likeness (QED) is 0.520. The van der Waals surface area contributed by atoms with E-state index >= 15 is 0 Å². The van der Waals surface area contributed by atoms with Crippen LogP contribution in [0.15, 0.2) is 0 Å². The first kappa shape index (κ1) is 31.0. The van der Waals surface area contributed by atoms with Gasteiger partial charge in [-0.2, -0.15) is 0 Å². The van der Waals surface area contributed by atoms with Crippen LogP contribution in [0.2, 0.25) is 0 Å². The number of amides is 3. The van der Waals surface area contributed by atoms with Gasteiger partial charge in [-0.1, -0.05) is 27.7 Å². The summed E-state index contributed by atoms with van der Waals surface area (Å²) in [6, 6.07) is -0.0956. The molecule has 0 aromatic rings. The van der Waals surface area contributed by atoms with Gasteiger partial charge in [0.2, 0.25) is 5.91 Å². The third-order valence-corrected chi connectivity index (χ3v) is 4.86. The normalized spacial score (nSPS) is 16.2. The topological polar surface area (TPSA) is 123 Å². The fraction of sp³-hybridized carbons (Fsp3) is 0.875. The molecule has 9 nitrogen and oxygen atoms in total. The summed E-state index contributed by atoms with van der Waals surface area (Å²) in [6.45, 7) is 20.9. The van der Waals surface area contributed by atoms with Gasteiger partial charge in [0.1, 0.15) is 11.2 Å². The average molecular weight is 473 g/mol. The highest BCUT2D eigenvalue weighted by molar-refractivity contribution is 5.78. The number of nitrogens with zero attached hydrogens (tertiary/aromatic N) is 1. The standard InChI is InChI=1S/C14H26N2O3.C10H22N2O2/c1-10(2)11(9-16-8-6-7-12(16)17)15-13(18)19-14(3,4)5;1-7(2)8(6-11)12-9(13)14-10(3,4)5/h10-11H,6-9H2,1-5H3,(H,15,18);7-8H,6,11H2,1-5H3,(H,12,13)/t;8-/m.1/s1. The first-order valence-corrected chi connectivity index (χ1v) is 11.9. The van der Waals surface area contributed by atoms with Gasteiger partial charge in [-0.05, 0) is 59.8 Å². The van der Waals surface area contributed by atoms with Crippen molar-refractivity contribution >= 4 is 18.1 Å². The van der Waals surface area contributed by atoms with Crippen molar-refractivity contribution in [2.75, 3.05) is 19.6 Å². The summed E-state index contributed by atoms with van der Waals surface area (Å²) in [5.41, 5.74) is 4.55. The molecule has 1 heterocycles. The summed E-state index contributed by atoms with van der Waals surface area (Å²) in [4.78, 5) is 36.6. The van der Waals surface area contributed by atoms with Crippen molar-refractivity contribution in [3.8, 4) is 0 Å². The molecule has 0 saturated carbocycles. The maximum atomic E-state index is 11.8. The maximum Gasteiger partial charge on any atom is 0.407 e. The lowest BCUT2D eigenvalue weighted by molar-refractivity contribution is -0.128. The van der Waals surface area contributed by atoms with Crippen LogP contribution in [-0.2, 0) is 14.3 Å². The molecule has 1 aliphatic heterocycles. The van der Waals surface area contributed by atoms with Gasteiger partial charge in [0.05, 0.1) is 6.04 Å². The molecule has 0 aromatic carbocycles. The van der Waals surface area contributed by atoms with Crippen LogP contribution in [0.5, 0.6) is 0 Å². The number of alkyl carbamates (subject to hydrolysis) is 2. The second kappa shape index (κ2) is 13.6. The first-order valence-electron chi connectivity index (χ1n) is 11.9. The molecular weight excluding hydrogens is 424 g/mol. The van der Waals surface area contributed by atoms with Crippen LogP contribution in [0, 0.1) is 11.8 Å². The lowest BCUT2D eigenvalue weighted by Gasteiger charge is -2.29. The monoisotopic (exact) mass is 472 g/mol. The van der Waals surface area contributed by atoms with Crippen molar-refractivity contribution in [2.24, 2.45) is 17.6 Å². The van der Waals surface area contributed by atoms with Gasteiger partial charge in [-0.3, -0.25) is 4.79 Å². The Kier molecular flexibility index (Phi) is 12.8. The van der Waals surface area contributed by atoms with Crippen LogP contribution in [0.1, 0.15) is 82.1 Å². The molecule has 9 heteroatoms. The minimum Gasteiger partial charge on any atom is -0.444 e. The van der Waals surface area contributed by atoms with Crippen LogP contribution in [-0.4, -0.2) is 65.9 Å². The molecule has 0 bridgehead atoms. The molecule has 0 aromatic heterocycles. The predicted octanol–water partition coefficient (Wildman–Crippen LogP) is 3.65. The average Bonchev–Trinajstić information content (AvgIpc) is 3.01. The van der Waals surface area contributed by atoms with Gasteiger partial charge in [0.15, 0.2) is 0 Å². The number of likely N-dealkylation sites (tertiary alicyclic amines) is 1. The Morgan fingerprint density at radius 2 is 1.33 bits per heavy atom. The van der Waals surface area contributed by atoms with Gasteiger partial charge in [-0.15, -0.1) is 0 Å². The van der Waals surface area contributed by atoms with Crippen molar-refractivity contribution in [2.45, 2.75) is 105 Å². The number of hydrogen-bond donors (Lipinski definition) is 3. The largest absolute Gasteiger partial charge is 0.444 e. The van der Waals surface area contributed by atoms with Crippen molar-refractivity contribution in [1.29, 1.82) is 0 Å². The second-order valence-electron chi connectivity index (χ2n) is 11.2. The zero-order valence-electron chi connectivity index (χ0n) is 22.4. The molecule has 0 spiro atoms. The maximum absolute atomic E-state index is 11.8. The molecular formula is C24H48N4O5. The number of carbonyl (C=O) groups excluding carboxylic acids is 3. The summed E-state index contributed by atoms with van der Waals surface area (Å²) in [7, 11) is 0. The Hall–Kier alpha value is -2.03. The van der Waals surface area contributed by atoms with E-state index in [-0.39, 0.29) is 23.9 Å². The Morgan fingerprint density at radius 1 is 0.909 bits per heavy atom. The summed E-state index contributed by atoms with van der Waals surface area (Å²) >= 11 is 0.